The average molecular weight is 241 g/mol. The third kappa shape index (κ3) is 1.66. The molecule has 0 aliphatic rings. The second kappa shape index (κ2) is 4.03. The maximum atomic E-state index is 11.3. The van der Waals surface area contributed by atoms with Crippen LogP contribution in [0.4, 0.5) is 0 Å². The van der Waals surface area contributed by atoms with Crippen molar-refractivity contribution >= 4 is 16.9 Å². The molecule has 18 heavy (non-hydrogen) atoms. The Morgan fingerprint density at radius 3 is 2.89 bits per heavy atom. The summed E-state index contributed by atoms with van der Waals surface area (Å²) in [6.45, 7) is 0. The Kier molecular flexibility index (Phi) is 2.37. The predicted octanol–water partition coefficient (Wildman–Crippen LogP) is 2.34. The minimum Gasteiger partial charge on any atom is -0.464 e. The van der Waals surface area contributed by atoms with E-state index >= 15 is 0 Å². The van der Waals surface area contributed by atoms with Gasteiger partial charge in [-0.25, -0.2) is 4.79 Å². The highest BCUT2D eigenvalue weighted by Gasteiger charge is 2.12. The molecule has 0 atom stereocenters. The van der Waals surface area contributed by atoms with Crippen molar-refractivity contribution in [2.75, 3.05) is 7.11 Å². The van der Waals surface area contributed by atoms with E-state index < -0.39 is 5.97 Å². The molecule has 1 aromatic carbocycles. The van der Waals surface area contributed by atoms with Gasteiger partial charge in [0.2, 0.25) is 0 Å². The molecule has 0 radical (unpaired) electrons. The zero-order valence-electron chi connectivity index (χ0n) is 9.73. The molecule has 2 N–H and O–H groups in total. The van der Waals surface area contributed by atoms with E-state index in [2.05, 4.69) is 19.9 Å². The number of carbonyl (C=O) groups is 1. The number of benzene rings is 1. The highest BCUT2D eigenvalue weighted by Crippen LogP contribution is 2.22. The Morgan fingerprint density at radius 2 is 2.11 bits per heavy atom. The number of carbonyl (C=O) groups excluding carboxylic acids is 1. The Morgan fingerprint density at radius 1 is 1.28 bits per heavy atom. The van der Waals surface area contributed by atoms with E-state index in [0.29, 0.717) is 11.4 Å². The molecule has 0 fully saturated rings. The zero-order chi connectivity index (χ0) is 12.5. The van der Waals surface area contributed by atoms with Crippen LogP contribution >= 0.6 is 0 Å². The van der Waals surface area contributed by atoms with Crippen LogP contribution in [-0.2, 0) is 4.74 Å². The summed E-state index contributed by atoms with van der Waals surface area (Å²) in [6.07, 6.45) is 0. The van der Waals surface area contributed by atoms with Crippen LogP contribution in [0.25, 0.3) is 22.3 Å². The fourth-order valence-electron chi connectivity index (χ4n) is 1.89. The highest BCUT2D eigenvalue weighted by molar-refractivity contribution is 5.90. The van der Waals surface area contributed by atoms with Crippen LogP contribution < -0.4 is 0 Å². The number of rotatable bonds is 2. The highest BCUT2D eigenvalue weighted by atomic mass is 16.5. The third-order valence-corrected chi connectivity index (χ3v) is 2.79. The van der Waals surface area contributed by atoms with Crippen molar-refractivity contribution in [3.05, 3.63) is 42.1 Å². The fraction of sp³-hybridized carbons (Fsp3) is 0.0769. The van der Waals surface area contributed by atoms with Crippen molar-refractivity contribution in [1.82, 2.24) is 15.2 Å². The van der Waals surface area contributed by atoms with Crippen molar-refractivity contribution in [2.45, 2.75) is 0 Å². The van der Waals surface area contributed by atoms with Crippen LogP contribution in [0.15, 0.2) is 36.4 Å². The molecular weight excluding hydrogens is 230 g/mol. The van der Waals surface area contributed by atoms with Gasteiger partial charge >= 0.3 is 5.97 Å². The van der Waals surface area contributed by atoms with E-state index in [9.17, 15) is 4.79 Å². The minimum absolute atomic E-state index is 0.339. The van der Waals surface area contributed by atoms with E-state index in [1.807, 2.05) is 30.3 Å². The van der Waals surface area contributed by atoms with Gasteiger partial charge in [-0.3, -0.25) is 5.10 Å². The maximum absolute atomic E-state index is 11.3. The van der Waals surface area contributed by atoms with Crippen molar-refractivity contribution < 1.29 is 9.53 Å². The molecule has 0 saturated carbocycles. The van der Waals surface area contributed by atoms with Gasteiger partial charge in [-0.1, -0.05) is 18.2 Å². The maximum Gasteiger partial charge on any atom is 0.356 e. The van der Waals surface area contributed by atoms with Gasteiger partial charge in [0.05, 0.1) is 12.8 Å². The molecule has 0 amide bonds. The van der Waals surface area contributed by atoms with Crippen LogP contribution in [-0.4, -0.2) is 28.3 Å². The number of H-pyrrole nitrogens is 2. The fourth-order valence-corrected chi connectivity index (χ4v) is 1.89. The lowest BCUT2D eigenvalue weighted by Crippen LogP contribution is -2.00. The van der Waals surface area contributed by atoms with Crippen LogP contribution in [0.5, 0.6) is 0 Å². The molecule has 0 aliphatic heterocycles. The largest absolute Gasteiger partial charge is 0.464 e. The lowest BCUT2D eigenvalue weighted by Gasteiger charge is -1.91. The second-order valence-corrected chi connectivity index (χ2v) is 3.93. The number of hydrogen-bond acceptors (Lipinski definition) is 3. The molecule has 0 spiro atoms. The van der Waals surface area contributed by atoms with Crippen LogP contribution in [0, 0.1) is 0 Å². The Bertz CT molecular complexity index is 679. The molecule has 3 rings (SSSR count). The molecule has 3 aromatic rings. The quantitative estimate of drug-likeness (QED) is 0.676. The Balaban J connectivity index is 2.03. The summed E-state index contributed by atoms with van der Waals surface area (Å²) in [6, 6.07) is 11.6. The molecule has 0 saturated heterocycles. The first-order chi connectivity index (χ1) is 8.78. The van der Waals surface area contributed by atoms with E-state index in [1.165, 1.54) is 7.11 Å². The summed E-state index contributed by atoms with van der Waals surface area (Å²) >= 11 is 0. The molecule has 0 unspecified atom stereocenters. The number of hydrogen-bond donors (Lipinski definition) is 2. The first-order valence-corrected chi connectivity index (χ1v) is 5.50. The number of fused-ring (bicyclic) bond motifs is 1. The van der Waals surface area contributed by atoms with Gasteiger partial charge < -0.3 is 9.72 Å². The Labute approximate surface area is 103 Å². The van der Waals surface area contributed by atoms with Crippen molar-refractivity contribution in [2.24, 2.45) is 0 Å². The molecule has 0 aliphatic carbocycles. The van der Waals surface area contributed by atoms with Gasteiger partial charge in [0.25, 0.3) is 0 Å². The average Bonchev–Trinajstić information content (AvgIpc) is 3.03. The lowest BCUT2D eigenvalue weighted by atomic mass is 10.2. The number of esters is 1. The summed E-state index contributed by atoms with van der Waals surface area (Å²) < 4.78 is 4.62. The lowest BCUT2D eigenvalue weighted by molar-refractivity contribution is 0.0594. The monoisotopic (exact) mass is 241 g/mol. The number of aromatic nitrogens is 3. The first kappa shape index (κ1) is 10.6. The number of ether oxygens (including phenoxy) is 1. The van der Waals surface area contributed by atoms with Gasteiger partial charge in [0, 0.05) is 17.0 Å². The second-order valence-electron chi connectivity index (χ2n) is 3.93. The molecule has 0 bridgehead atoms. The third-order valence-electron chi connectivity index (χ3n) is 2.79. The predicted molar refractivity (Wildman–Crippen MR) is 67.2 cm³/mol. The smallest absolute Gasteiger partial charge is 0.356 e. The van der Waals surface area contributed by atoms with Gasteiger partial charge in [-0.15, -0.1) is 0 Å². The molecule has 90 valence electrons. The summed E-state index contributed by atoms with van der Waals surface area (Å²) in [4.78, 5) is 14.6. The van der Waals surface area contributed by atoms with E-state index in [4.69, 9.17) is 0 Å². The molecule has 5 heteroatoms. The van der Waals surface area contributed by atoms with Crippen LogP contribution in [0.2, 0.25) is 0 Å². The van der Waals surface area contributed by atoms with Crippen LogP contribution in [0.1, 0.15) is 10.5 Å². The Hall–Kier alpha value is -2.56. The van der Waals surface area contributed by atoms with Gasteiger partial charge in [0.15, 0.2) is 0 Å². The first-order valence-electron chi connectivity index (χ1n) is 5.50. The molecule has 5 nitrogen and oxygen atoms in total. The van der Waals surface area contributed by atoms with Gasteiger partial charge in [-0.05, 0) is 12.1 Å². The summed E-state index contributed by atoms with van der Waals surface area (Å²) in [5.74, 6) is -0.426. The van der Waals surface area contributed by atoms with Crippen molar-refractivity contribution in [3.8, 4) is 11.4 Å². The molecule has 2 heterocycles. The summed E-state index contributed by atoms with van der Waals surface area (Å²) in [5.41, 5.74) is 2.93. The minimum atomic E-state index is -0.426. The van der Waals surface area contributed by atoms with Crippen molar-refractivity contribution in [1.29, 1.82) is 0 Å². The summed E-state index contributed by atoms with van der Waals surface area (Å²) in [5, 5.41) is 7.85. The zero-order valence-corrected chi connectivity index (χ0v) is 9.73. The number of nitrogens with one attached hydrogen (secondary N) is 2. The van der Waals surface area contributed by atoms with Gasteiger partial charge in [-0.2, -0.15) is 5.10 Å². The molecule has 2 aromatic heterocycles. The number of aromatic amines is 2. The normalized spacial score (nSPS) is 10.7. The number of para-hydroxylation sites is 1. The summed E-state index contributed by atoms with van der Waals surface area (Å²) in [7, 11) is 1.34. The topological polar surface area (TPSA) is 70.8 Å². The van der Waals surface area contributed by atoms with E-state index in [0.717, 1.165) is 16.6 Å². The number of methoxy groups -OCH3 is 1. The number of nitrogens with zero attached hydrogens (tertiary/aromatic N) is 1. The SMILES string of the molecule is COC(=O)c1cc(-c2cc3ccccc3[nH]2)n[nH]1. The van der Waals surface area contributed by atoms with E-state index in [1.54, 1.807) is 6.07 Å². The van der Waals surface area contributed by atoms with Crippen molar-refractivity contribution in [3.63, 3.8) is 0 Å². The van der Waals surface area contributed by atoms with Crippen LogP contribution in [0.3, 0.4) is 0 Å². The standard InChI is InChI=1S/C13H11N3O2/c1-18-13(17)12-7-11(15-16-12)10-6-8-4-2-3-5-9(8)14-10/h2-7,14H,1H3,(H,15,16). The molecular formula is C13H11N3O2. The van der Waals surface area contributed by atoms with E-state index in [-0.39, 0.29) is 0 Å². The van der Waals surface area contributed by atoms with Gasteiger partial charge in [0.1, 0.15) is 11.4 Å².